The highest BCUT2D eigenvalue weighted by molar-refractivity contribution is 7.80. The third-order valence-electron chi connectivity index (χ3n) is 1.36. The lowest BCUT2D eigenvalue weighted by Crippen LogP contribution is -2.39. The first kappa shape index (κ1) is 10.2. The Hall–Kier alpha value is -0.840. The maximum atomic E-state index is 5.53. The average molecular weight is 174 g/mol. The lowest BCUT2D eigenvalue weighted by Gasteiger charge is -2.21. The molecule has 4 N–H and O–H groups in total. The number of hydrogen-bond acceptors (Lipinski definition) is 1. The van der Waals surface area contributed by atoms with Crippen LogP contribution in [0.5, 0.6) is 0 Å². The third kappa shape index (κ3) is 3.77. The minimum Gasteiger partial charge on any atom is -0.374 e. The molecule has 0 radical (unpaired) electrons. The van der Waals surface area contributed by atoms with Crippen LogP contribution >= 0.6 is 12.2 Å². The molecule has 0 aliphatic heterocycles. The molecule has 64 valence electrons. The van der Waals surface area contributed by atoms with Crippen LogP contribution in [0.15, 0.2) is 4.99 Å². The molecular formula is C6H14N4S. The van der Waals surface area contributed by atoms with Crippen LogP contribution in [0.2, 0.25) is 0 Å². The van der Waals surface area contributed by atoms with E-state index in [0.717, 1.165) is 0 Å². The first-order chi connectivity index (χ1) is 4.95. The SMILES string of the molecule is CC(C)N(C)/C(N)=N/C(N)=S. The molecule has 0 aromatic carbocycles. The molecule has 0 rings (SSSR count). The standard InChI is InChI=1S/C6H14N4S/c1-4(2)10(3)5(7)9-6(8)11/h4H,1-3H3,(H4,7,8,9,11). The van der Waals surface area contributed by atoms with Gasteiger partial charge in [0.25, 0.3) is 0 Å². The molecule has 0 aliphatic carbocycles. The quantitative estimate of drug-likeness (QED) is 0.330. The van der Waals surface area contributed by atoms with Gasteiger partial charge in [-0.15, -0.1) is 0 Å². The summed E-state index contributed by atoms with van der Waals surface area (Å²) in [7, 11) is 1.84. The van der Waals surface area contributed by atoms with Crippen molar-refractivity contribution in [3.05, 3.63) is 0 Å². The number of aliphatic imine (C=N–C) groups is 1. The van der Waals surface area contributed by atoms with Gasteiger partial charge in [-0.05, 0) is 26.1 Å². The number of hydrogen-bond donors (Lipinski definition) is 2. The Morgan fingerprint density at radius 3 is 2.18 bits per heavy atom. The number of thiocarbonyl (C=S) groups is 1. The second kappa shape index (κ2) is 4.12. The van der Waals surface area contributed by atoms with Gasteiger partial charge in [-0.2, -0.15) is 4.99 Å². The normalized spacial score (nSPS) is 11.8. The van der Waals surface area contributed by atoms with Crippen molar-refractivity contribution < 1.29 is 0 Å². The van der Waals surface area contributed by atoms with Gasteiger partial charge in [0.05, 0.1) is 0 Å². The second-order valence-corrected chi connectivity index (χ2v) is 2.93. The van der Waals surface area contributed by atoms with E-state index in [1.807, 2.05) is 20.9 Å². The second-order valence-electron chi connectivity index (χ2n) is 2.51. The molecule has 0 saturated heterocycles. The summed E-state index contributed by atoms with van der Waals surface area (Å²) in [5.74, 6) is 0.354. The van der Waals surface area contributed by atoms with Gasteiger partial charge >= 0.3 is 0 Å². The molecule has 0 bridgehead atoms. The Morgan fingerprint density at radius 1 is 1.45 bits per heavy atom. The van der Waals surface area contributed by atoms with Crippen molar-refractivity contribution in [1.29, 1.82) is 0 Å². The first-order valence-corrected chi connectivity index (χ1v) is 3.72. The van der Waals surface area contributed by atoms with E-state index < -0.39 is 0 Å². The van der Waals surface area contributed by atoms with Gasteiger partial charge in [-0.25, -0.2) is 0 Å². The molecule has 4 nitrogen and oxygen atoms in total. The minimum atomic E-state index is 0.0648. The number of nitrogens with two attached hydrogens (primary N) is 2. The third-order valence-corrected chi connectivity index (χ3v) is 1.45. The van der Waals surface area contributed by atoms with Crippen LogP contribution in [0.4, 0.5) is 0 Å². The van der Waals surface area contributed by atoms with Gasteiger partial charge in [-0.1, -0.05) is 0 Å². The van der Waals surface area contributed by atoms with Crippen LogP contribution in [0.3, 0.4) is 0 Å². The Labute approximate surface area is 72.3 Å². The van der Waals surface area contributed by atoms with E-state index in [-0.39, 0.29) is 5.11 Å². The molecule has 5 heteroatoms. The summed E-state index contributed by atoms with van der Waals surface area (Å²) in [6.45, 7) is 4.00. The number of guanidine groups is 1. The summed E-state index contributed by atoms with van der Waals surface area (Å²) in [4.78, 5) is 5.52. The van der Waals surface area contributed by atoms with Crippen molar-refractivity contribution in [3.8, 4) is 0 Å². The van der Waals surface area contributed by atoms with Crippen molar-refractivity contribution in [3.63, 3.8) is 0 Å². The van der Waals surface area contributed by atoms with Gasteiger partial charge in [0, 0.05) is 13.1 Å². The zero-order valence-electron chi connectivity index (χ0n) is 7.03. The Balaban J connectivity index is 4.23. The smallest absolute Gasteiger partial charge is 0.198 e. The van der Waals surface area contributed by atoms with Crippen LogP contribution in [0, 0.1) is 0 Å². The van der Waals surface area contributed by atoms with Crippen LogP contribution in [0.25, 0.3) is 0 Å². The number of nitrogens with zero attached hydrogens (tertiary/aromatic N) is 2. The highest BCUT2D eigenvalue weighted by Gasteiger charge is 2.04. The zero-order chi connectivity index (χ0) is 9.02. The Morgan fingerprint density at radius 2 is 1.91 bits per heavy atom. The predicted octanol–water partition coefficient (Wildman–Crippen LogP) is -0.115. The van der Waals surface area contributed by atoms with Gasteiger partial charge in [-0.3, -0.25) is 0 Å². The molecule has 0 saturated carbocycles. The van der Waals surface area contributed by atoms with E-state index >= 15 is 0 Å². The van der Waals surface area contributed by atoms with Gasteiger partial charge in [0.15, 0.2) is 11.1 Å². The molecule has 0 aromatic heterocycles. The largest absolute Gasteiger partial charge is 0.374 e. The molecular weight excluding hydrogens is 160 g/mol. The van der Waals surface area contributed by atoms with Crippen molar-refractivity contribution >= 4 is 23.3 Å². The van der Waals surface area contributed by atoms with Crippen LogP contribution in [-0.2, 0) is 0 Å². The molecule has 0 fully saturated rings. The fourth-order valence-electron chi connectivity index (χ4n) is 0.456. The van der Waals surface area contributed by atoms with E-state index in [0.29, 0.717) is 12.0 Å². The highest BCUT2D eigenvalue weighted by atomic mass is 32.1. The average Bonchev–Trinajstić information content (AvgIpc) is 1.84. The number of rotatable bonds is 1. The van der Waals surface area contributed by atoms with Crippen LogP contribution in [-0.4, -0.2) is 29.1 Å². The zero-order valence-corrected chi connectivity index (χ0v) is 7.85. The maximum absolute atomic E-state index is 5.53. The molecule has 0 atom stereocenters. The fraction of sp³-hybridized carbons (Fsp3) is 0.667. The van der Waals surface area contributed by atoms with Crippen LogP contribution in [0.1, 0.15) is 13.8 Å². The molecule has 0 aromatic rings. The molecule has 0 unspecified atom stereocenters. The van der Waals surface area contributed by atoms with E-state index in [2.05, 4.69) is 17.2 Å². The summed E-state index contributed by atoms with van der Waals surface area (Å²) in [6.07, 6.45) is 0. The maximum Gasteiger partial charge on any atom is 0.198 e. The lowest BCUT2D eigenvalue weighted by molar-refractivity contribution is 0.413. The van der Waals surface area contributed by atoms with Crippen molar-refractivity contribution in [2.45, 2.75) is 19.9 Å². The van der Waals surface area contributed by atoms with Gasteiger partial charge in [0.2, 0.25) is 0 Å². The summed E-state index contributed by atoms with van der Waals surface area (Å²) in [5, 5.41) is 0.0648. The highest BCUT2D eigenvalue weighted by Crippen LogP contribution is 1.91. The van der Waals surface area contributed by atoms with E-state index in [9.17, 15) is 0 Å². The van der Waals surface area contributed by atoms with E-state index in [1.165, 1.54) is 0 Å². The Bertz CT molecular complexity index is 175. The topological polar surface area (TPSA) is 67.6 Å². The molecule has 0 aliphatic rings. The van der Waals surface area contributed by atoms with Crippen molar-refractivity contribution in [2.75, 3.05) is 7.05 Å². The van der Waals surface area contributed by atoms with Gasteiger partial charge < -0.3 is 16.4 Å². The summed E-state index contributed by atoms with van der Waals surface area (Å²) in [5.41, 5.74) is 10.7. The van der Waals surface area contributed by atoms with Crippen LogP contribution < -0.4 is 11.5 Å². The monoisotopic (exact) mass is 174 g/mol. The van der Waals surface area contributed by atoms with E-state index in [4.69, 9.17) is 11.5 Å². The van der Waals surface area contributed by atoms with Crippen molar-refractivity contribution in [1.82, 2.24) is 4.90 Å². The fourth-order valence-corrected chi connectivity index (χ4v) is 0.550. The lowest BCUT2D eigenvalue weighted by atomic mass is 10.4. The first-order valence-electron chi connectivity index (χ1n) is 3.31. The minimum absolute atomic E-state index is 0.0648. The summed E-state index contributed by atoms with van der Waals surface area (Å²) < 4.78 is 0. The molecule has 0 amide bonds. The molecule has 0 heterocycles. The molecule has 0 spiro atoms. The summed E-state index contributed by atoms with van der Waals surface area (Å²) >= 11 is 4.56. The van der Waals surface area contributed by atoms with Gasteiger partial charge in [0.1, 0.15) is 0 Å². The predicted molar refractivity (Wildman–Crippen MR) is 51.3 cm³/mol. The molecule has 11 heavy (non-hydrogen) atoms. The van der Waals surface area contributed by atoms with Crippen molar-refractivity contribution in [2.24, 2.45) is 16.5 Å². The van der Waals surface area contributed by atoms with E-state index in [1.54, 1.807) is 4.90 Å². The Kier molecular flexibility index (Phi) is 3.81. The summed E-state index contributed by atoms with van der Waals surface area (Å²) in [6, 6.07) is 0.299.